The second-order valence-electron chi connectivity index (χ2n) is 4.38. The summed E-state index contributed by atoms with van der Waals surface area (Å²) in [5.74, 6) is -0.402. The number of amidine groups is 1. The summed E-state index contributed by atoms with van der Waals surface area (Å²) < 4.78 is 4.92. The smallest absolute Gasteiger partial charge is 0.294 e. The number of nitrogen functional groups attached to an aromatic ring is 1. The molecule has 0 saturated carbocycles. The van der Waals surface area contributed by atoms with E-state index >= 15 is 0 Å². The van der Waals surface area contributed by atoms with Gasteiger partial charge in [-0.25, -0.2) is 0 Å². The number of benzene rings is 2. The molecule has 3 N–H and O–H groups in total. The van der Waals surface area contributed by atoms with Gasteiger partial charge in [-0.3, -0.25) is 15.0 Å². The first-order chi connectivity index (χ1) is 10.1. The van der Waals surface area contributed by atoms with Gasteiger partial charge in [0, 0.05) is 16.7 Å². The first-order valence-corrected chi connectivity index (χ1v) is 6.26. The Morgan fingerprint density at radius 2 is 1.62 bits per heavy atom. The molecule has 1 atom stereocenters. The summed E-state index contributed by atoms with van der Waals surface area (Å²) in [5.41, 5.74) is 6.88. The zero-order valence-electron chi connectivity index (χ0n) is 11.2. The van der Waals surface area contributed by atoms with Crippen molar-refractivity contribution in [3.8, 4) is 0 Å². The van der Waals surface area contributed by atoms with Gasteiger partial charge in [0.1, 0.15) is 5.84 Å². The van der Waals surface area contributed by atoms with Crippen LogP contribution in [0.4, 0.5) is 0 Å². The number of nitrogens with one attached hydrogen (secondary N) is 1. The lowest BCUT2D eigenvalue weighted by Gasteiger charge is -2.14. The Hall–Kier alpha value is -2.95. The molecule has 2 rings (SSSR count). The highest BCUT2D eigenvalue weighted by molar-refractivity contribution is 6.02. The van der Waals surface area contributed by atoms with Gasteiger partial charge in [0.15, 0.2) is 6.10 Å². The Balaban J connectivity index is 2.30. The molecule has 0 radical (unpaired) electrons. The van der Waals surface area contributed by atoms with Crippen LogP contribution >= 0.6 is 0 Å². The Morgan fingerprint density at radius 1 is 1.05 bits per heavy atom. The van der Waals surface area contributed by atoms with Crippen LogP contribution in [0.15, 0.2) is 54.6 Å². The predicted molar refractivity (Wildman–Crippen MR) is 78.1 cm³/mol. The van der Waals surface area contributed by atoms with E-state index in [-0.39, 0.29) is 18.1 Å². The molecule has 21 heavy (non-hydrogen) atoms. The van der Waals surface area contributed by atoms with Crippen LogP contribution in [-0.4, -0.2) is 18.1 Å². The molecule has 1 unspecified atom stereocenters. The Bertz CT molecular complexity index is 651. The summed E-state index contributed by atoms with van der Waals surface area (Å²) in [6.07, 6.45) is -0.980. The first-order valence-electron chi connectivity index (χ1n) is 6.26. The highest BCUT2D eigenvalue weighted by atomic mass is 16.5. The van der Waals surface area contributed by atoms with Crippen molar-refractivity contribution in [1.29, 1.82) is 5.41 Å². The molecule has 0 aliphatic carbocycles. The fourth-order valence-corrected chi connectivity index (χ4v) is 1.94. The van der Waals surface area contributed by atoms with Crippen molar-refractivity contribution in [1.82, 2.24) is 0 Å². The molecule has 0 fully saturated rings. The summed E-state index contributed by atoms with van der Waals surface area (Å²) in [4.78, 5) is 23.1. The molecule has 0 aliphatic heterocycles. The number of hydrogen-bond donors (Lipinski definition) is 2. The summed E-state index contributed by atoms with van der Waals surface area (Å²) in [5, 5.41) is 7.32. The van der Waals surface area contributed by atoms with E-state index in [0.29, 0.717) is 16.7 Å². The minimum absolute atomic E-state index is 0.0715. The van der Waals surface area contributed by atoms with Crippen LogP contribution in [0, 0.1) is 5.41 Å². The van der Waals surface area contributed by atoms with E-state index in [4.69, 9.17) is 15.9 Å². The van der Waals surface area contributed by atoms with E-state index in [9.17, 15) is 9.59 Å². The van der Waals surface area contributed by atoms with E-state index in [1.807, 2.05) is 6.07 Å². The summed E-state index contributed by atoms with van der Waals surface area (Å²) in [6, 6.07) is 15.1. The Kier molecular flexibility index (Phi) is 4.46. The van der Waals surface area contributed by atoms with Crippen molar-refractivity contribution in [3.05, 3.63) is 71.3 Å². The van der Waals surface area contributed by atoms with E-state index in [0.717, 1.165) is 0 Å². The number of ketones is 1. The van der Waals surface area contributed by atoms with E-state index in [1.165, 1.54) is 0 Å². The quantitative estimate of drug-likeness (QED) is 0.367. The second kappa shape index (κ2) is 6.47. The maximum absolute atomic E-state index is 12.4. The van der Waals surface area contributed by atoms with Crippen LogP contribution in [0.3, 0.4) is 0 Å². The van der Waals surface area contributed by atoms with Crippen LogP contribution in [0.2, 0.25) is 0 Å². The molecule has 0 aromatic heterocycles. The molecular weight excluding hydrogens is 268 g/mol. The molecule has 5 nitrogen and oxygen atoms in total. The fourth-order valence-electron chi connectivity index (χ4n) is 1.94. The highest BCUT2D eigenvalue weighted by Crippen LogP contribution is 2.22. The van der Waals surface area contributed by atoms with Crippen LogP contribution in [0.5, 0.6) is 0 Å². The Labute approximate surface area is 121 Å². The molecule has 0 spiro atoms. The van der Waals surface area contributed by atoms with Gasteiger partial charge >= 0.3 is 0 Å². The first kappa shape index (κ1) is 14.5. The molecule has 0 saturated heterocycles. The summed E-state index contributed by atoms with van der Waals surface area (Å²) in [6.45, 7) is 0.263. The van der Waals surface area contributed by atoms with Gasteiger partial charge in [-0.2, -0.15) is 0 Å². The van der Waals surface area contributed by atoms with Gasteiger partial charge in [0.25, 0.3) is 6.47 Å². The third-order valence-corrected chi connectivity index (χ3v) is 3.01. The predicted octanol–water partition coefficient (Wildman–Crippen LogP) is 2.07. The summed E-state index contributed by atoms with van der Waals surface area (Å²) >= 11 is 0. The Morgan fingerprint density at radius 3 is 2.14 bits per heavy atom. The van der Waals surface area contributed by atoms with Crippen LogP contribution in [-0.2, 0) is 9.53 Å². The lowest BCUT2D eigenvalue weighted by Crippen LogP contribution is -2.16. The van der Waals surface area contributed by atoms with Crippen molar-refractivity contribution < 1.29 is 14.3 Å². The SMILES string of the molecule is N=C(N)c1ccc(C(=O)C(OC=O)c2ccccc2)cc1. The molecule has 2 aromatic carbocycles. The van der Waals surface area contributed by atoms with Crippen LogP contribution in [0.1, 0.15) is 27.6 Å². The van der Waals surface area contributed by atoms with Gasteiger partial charge in [-0.05, 0) is 0 Å². The molecular formula is C16H14N2O3. The highest BCUT2D eigenvalue weighted by Gasteiger charge is 2.23. The van der Waals surface area contributed by atoms with E-state index in [2.05, 4.69) is 0 Å². The normalized spacial score (nSPS) is 11.4. The third kappa shape index (κ3) is 3.33. The van der Waals surface area contributed by atoms with Crippen molar-refractivity contribution in [2.75, 3.05) is 0 Å². The number of ether oxygens (including phenoxy) is 1. The molecule has 0 amide bonds. The number of nitrogens with two attached hydrogens (primary N) is 1. The molecule has 106 valence electrons. The summed E-state index contributed by atoms with van der Waals surface area (Å²) in [7, 11) is 0. The second-order valence-corrected chi connectivity index (χ2v) is 4.38. The maximum atomic E-state index is 12.4. The minimum Gasteiger partial charge on any atom is -0.451 e. The van der Waals surface area contributed by atoms with Crippen molar-refractivity contribution >= 4 is 18.1 Å². The number of carbonyl (C=O) groups excluding carboxylic acids is 2. The van der Waals surface area contributed by atoms with Gasteiger partial charge < -0.3 is 10.5 Å². The van der Waals surface area contributed by atoms with Gasteiger partial charge in [0.05, 0.1) is 0 Å². The number of Topliss-reactive ketones (excluding diaryl/α,β-unsaturated/α-hetero) is 1. The largest absolute Gasteiger partial charge is 0.451 e. The topological polar surface area (TPSA) is 93.2 Å². The molecule has 0 bridgehead atoms. The molecule has 0 aliphatic rings. The van der Waals surface area contributed by atoms with E-state index < -0.39 is 6.10 Å². The average Bonchev–Trinajstić information content (AvgIpc) is 2.53. The molecule has 5 heteroatoms. The lowest BCUT2D eigenvalue weighted by molar-refractivity contribution is -0.132. The van der Waals surface area contributed by atoms with Crippen molar-refractivity contribution in [3.63, 3.8) is 0 Å². The number of hydrogen-bond acceptors (Lipinski definition) is 4. The number of rotatable bonds is 6. The third-order valence-electron chi connectivity index (χ3n) is 3.01. The monoisotopic (exact) mass is 282 g/mol. The fraction of sp³-hybridized carbons (Fsp3) is 0.0625. The van der Waals surface area contributed by atoms with Gasteiger partial charge in [0.2, 0.25) is 5.78 Å². The zero-order valence-corrected chi connectivity index (χ0v) is 11.2. The van der Waals surface area contributed by atoms with E-state index in [1.54, 1.807) is 48.5 Å². The maximum Gasteiger partial charge on any atom is 0.294 e. The lowest BCUT2D eigenvalue weighted by atomic mass is 9.99. The standard InChI is InChI=1S/C16H14N2O3/c17-16(18)13-8-6-11(7-9-13)14(20)15(21-10-19)12-4-2-1-3-5-12/h1-10,15H,(H3,17,18). The van der Waals surface area contributed by atoms with Gasteiger partial charge in [-0.15, -0.1) is 0 Å². The minimum atomic E-state index is -0.980. The average molecular weight is 282 g/mol. The number of carbonyl (C=O) groups is 2. The van der Waals surface area contributed by atoms with Crippen molar-refractivity contribution in [2.45, 2.75) is 6.10 Å². The van der Waals surface area contributed by atoms with Crippen LogP contribution < -0.4 is 5.73 Å². The van der Waals surface area contributed by atoms with Crippen LogP contribution in [0.25, 0.3) is 0 Å². The zero-order chi connectivity index (χ0) is 15.2. The molecule has 2 aromatic rings. The molecule has 0 heterocycles. The van der Waals surface area contributed by atoms with Crippen molar-refractivity contribution in [2.24, 2.45) is 5.73 Å². The van der Waals surface area contributed by atoms with Gasteiger partial charge in [-0.1, -0.05) is 54.6 Å².